The van der Waals surface area contributed by atoms with Crippen molar-refractivity contribution in [3.63, 3.8) is 0 Å². The molecule has 1 heterocycles. The Hall–Kier alpha value is -1.90. The minimum atomic E-state index is -3.28. The van der Waals surface area contributed by atoms with Gasteiger partial charge in [-0.15, -0.1) is 11.3 Å². The molecule has 0 aliphatic carbocycles. The van der Waals surface area contributed by atoms with Crippen LogP contribution in [0.2, 0.25) is 0 Å². The Balaban J connectivity index is 1.84. The highest BCUT2D eigenvalue weighted by Crippen LogP contribution is 2.19. The zero-order valence-corrected chi connectivity index (χ0v) is 17.2. The van der Waals surface area contributed by atoms with Gasteiger partial charge in [0.25, 0.3) is 0 Å². The van der Waals surface area contributed by atoms with E-state index in [2.05, 4.69) is 0 Å². The lowest BCUT2D eigenvalue weighted by molar-refractivity contribution is 0.0702. The van der Waals surface area contributed by atoms with Crippen LogP contribution in [-0.4, -0.2) is 50.3 Å². The molecule has 0 fully saturated rings. The number of aryl methyl sites for hydroxylation is 2. The average molecular weight is 412 g/mol. The highest BCUT2D eigenvalue weighted by molar-refractivity contribution is 7.88. The van der Waals surface area contributed by atoms with Crippen LogP contribution in [0.25, 0.3) is 0 Å². The first-order valence-corrected chi connectivity index (χ1v) is 11.4. The smallest absolute Gasteiger partial charge is 0.345 e. The van der Waals surface area contributed by atoms with Crippen LogP contribution < -0.4 is 4.74 Å². The number of aromatic carboxylic acids is 1. The van der Waals surface area contributed by atoms with Crippen molar-refractivity contribution < 1.29 is 23.1 Å². The number of carboxylic acids is 1. The van der Waals surface area contributed by atoms with Gasteiger partial charge in [-0.1, -0.05) is 12.1 Å². The Bertz CT molecular complexity index is 860. The Morgan fingerprint density at radius 3 is 2.44 bits per heavy atom. The maximum absolute atomic E-state index is 12.0. The quantitative estimate of drug-likeness (QED) is 0.613. The van der Waals surface area contributed by atoms with E-state index in [0.717, 1.165) is 29.0 Å². The molecule has 0 spiro atoms. The fourth-order valence-electron chi connectivity index (χ4n) is 2.79. The van der Waals surface area contributed by atoms with E-state index in [4.69, 9.17) is 9.84 Å². The molecule has 0 aliphatic rings. The minimum absolute atomic E-state index is 0.309. The van der Waals surface area contributed by atoms with E-state index in [-0.39, 0.29) is 0 Å². The second-order valence-corrected chi connectivity index (χ2v) is 9.44. The van der Waals surface area contributed by atoms with Crippen LogP contribution in [0.1, 0.15) is 33.0 Å². The van der Waals surface area contributed by atoms with E-state index in [1.807, 2.05) is 24.3 Å². The number of rotatable bonds is 11. The molecule has 0 bridgehead atoms. The molecular formula is C19H25NO5S2. The first kappa shape index (κ1) is 21.4. The number of hydrogen-bond acceptors (Lipinski definition) is 5. The van der Waals surface area contributed by atoms with Gasteiger partial charge in [0.2, 0.25) is 10.0 Å². The number of carbonyl (C=O) groups is 1. The SMILES string of the molecule is COc1cccc(CCCN(CCCc2ccc(C(=O)O)s2)S(C)(=O)=O)c1. The van der Waals surface area contributed by atoms with Crippen molar-refractivity contribution in [2.24, 2.45) is 0 Å². The maximum Gasteiger partial charge on any atom is 0.345 e. The summed E-state index contributed by atoms with van der Waals surface area (Å²) in [5.74, 6) is -0.134. The van der Waals surface area contributed by atoms with Crippen molar-refractivity contribution in [1.82, 2.24) is 4.31 Å². The van der Waals surface area contributed by atoms with Crippen molar-refractivity contribution in [3.8, 4) is 5.75 Å². The summed E-state index contributed by atoms with van der Waals surface area (Å²) >= 11 is 1.24. The lowest BCUT2D eigenvalue weighted by Gasteiger charge is -2.19. The van der Waals surface area contributed by atoms with Gasteiger partial charge in [0, 0.05) is 18.0 Å². The number of nitrogens with zero attached hydrogens (tertiary/aromatic N) is 1. The van der Waals surface area contributed by atoms with Gasteiger partial charge >= 0.3 is 5.97 Å². The number of thiophene rings is 1. The molecule has 2 aromatic rings. The normalized spacial score (nSPS) is 11.7. The first-order valence-electron chi connectivity index (χ1n) is 8.69. The molecule has 8 heteroatoms. The predicted octanol–water partition coefficient (Wildman–Crippen LogP) is 3.28. The summed E-state index contributed by atoms with van der Waals surface area (Å²) < 4.78 is 30.8. The van der Waals surface area contributed by atoms with Crippen LogP contribution in [0.15, 0.2) is 36.4 Å². The molecule has 0 atom stereocenters. The summed E-state index contributed by atoms with van der Waals surface area (Å²) in [6, 6.07) is 11.2. The maximum atomic E-state index is 12.0. The van der Waals surface area contributed by atoms with Gasteiger partial charge in [-0.05, 0) is 55.5 Å². The van der Waals surface area contributed by atoms with Gasteiger partial charge in [-0.25, -0.2) is 17.5 Å². The largest absolute Gasteiger partial charge is 0.497 e. The van der Waals surface area contributed by atoms with Gasteiger partial charge in [-0.2, -0.15) is 0 Å². The van der Waals surface area contributed by atoms with Crippen molar-refractivity contribution in [2.75, 3.05) is 26.5 Å². The molecule has 0 radical (unpaired) electrons. The molecular weight excluding hydrogens is 386 g/mol. The molecule has 0 saturated heterocycles. The van der Waals surface area contributed by atoms with Gasteiger partial charge in [0.1, 0.15) is 10.6 Å². The molecule has 1 aromatic carbocycles. The number of hydrogen-bond donors (Lipinski definition) is 1. The summed E-state index contributed by atoms with van der Waals surface area (Å²) in [7, 11) is -1.65. The Morgan fingerprint density at radius 2 is 1.85 bits per heavy atom. The first-order chi connectivity index (χ1) is 12.8. The van der Waals surface area contributed by atoms with E-state index in [0.29, 0.717) is 30.8 Å². The lowest BCUT2D eigenvalue weighted by atomic mass is 10.1. The van der Waals surface area contributed by atoms with Crippen molar-refractivity contribution in [3.05, 3.63) is 51.7 Å². The number of ether oxygens (including phenoxy) is 1. The number of sulfonamides is 1. The highest BCUT2D eigenvalue weighted by atomic mass is 32.2. The molecule has 2 rings (SSSR count). The number of carboxylic acid groups (broad SMARTS) is 1. The van der Waals surface area contributed by atoms with E-state index < -0.39 is 16.0 Å². The predicted molar refractivity (Wildman–Crippen MR) is 107 cm³/mol. The van der Waals surface area contributed by atoms with Crippen LogP contribution in [0.5, 0.6) is 5.75 Å². The number of methoxy groups -OCH3 is 1. The summed E-state index contributed by atoms with van der Waals surface area (Å²) in [4.78, 5) is 12.2. The Kier molecular flexibility index (Phi) is 7.82. The topological polar surface area (TPSA) is 83.9 Å². The Labute approximate surface area is 164 Å². The molecule has 1 aromatic heterocycles. The summed E-state index contributed by atoms with van der Waals surface area (Å²) in [6.07, 6.45) is 4.05. The monoisotopic (exact) mass is 411 g/mol. The fourth-order valence-corrected chi connectivity index (χ4v) is 4.60. The average Bonchev–Trinajstić information content (AvgIpc) is 3.09. The summed E-state index contributed by atoms with van der Waals surface area (Å²) in [5, 5.41) is 8.96. The van der Waals surface area contributed by atoms with Crippen LogP contribution >= 0.6 is 11.3 Å². The van der Waals surface area contributed by atoms with Crippen LogP contribution in [0.3, 0.4) is 0 Å². The summed E-state index contributed by atoms with van der Waals surface area (Å²) in [5.41, 5.74) is 1.11. The van der Waals surface area contributed by atoms with Gasteiger partial charge in [0.15, 0.2) is 0 Å². The molecule has 1 N–H and O–H groups in total. The molecule has 0 aliphatic heterocycles. The van der Waals surface area contributed by atoms with Crippen molar-refractivity contribution in [1.29, 1.82) is 0 Å². The zero-order chi connectivity index (χ0) is 19.9. The third kappa shape index (κ3) is 6.97. The molecule has 0 amide bonds. The molecule has 0 saturated carbocycles. The van der Waals surface area contributed by atoms with E-state index in [1.165, 1.54) is 21.9 Å². The lowest BCUT2D eigenvalue weighted by Crippen LogP contribution is -2.32. The highest BCUT2D eigenvalue weighted by Gasteiger charge is 2.16. The molecule has 0 unspecified atom stereocenters. The zero-order valence-electron chi connectivity index (χ0n) is 15.6. The second-order valence-electron chi connectivity index (χ2n) is 6.29. The molecule has 27 heavy (non-hydrogen) atoms. The van der Waals surface area contributed by atoms with Gasteiger partial charge in [-0.3, -0.25) is 0 Å². The standard InChI is InChI=1S/C19H25NO5S2/c1-25-16-8-3-6-15(14-16)7-4-12-20(27(2,23)24)13-5-9-17-10-11-18(26-17)19(21)22/h3,6,8,10-11,14H,4-5,7,9,12-13H2,1-2H3,(H,21,22). The van der Waals surface area contributed by atoms with E-state index >= 15 is 0 Å². The molecule has 6 nitrogen and oxygen atoms in total. The van der Waals surface area contributed by atoms with Crippen LogP contribution in [0.4, 0.5) is 0 Å². The van der Waals surface area contributed by atoms with Crippen molar-refractivity contribution in [2.45, 2.75) is 25.7 Å². The third-order valence-electron chi connectivity index (χ3n) is 4.18. The van der Waals surface area contributed by atoms with E-state index in [9.17, 15) is 13.2 Å². The Morgan fingerprint density at radius 1 is 1.15 bits per heavy atom. The van der Waals surface area contributed by atoms with Gasteiger partial charge in [0.05, 0.1) is 13.4 Å². The molecule has 148 valence electrons. The van der Waals surface area contributed by atoms with Crippen LogP contribution in [-0.2, 0) is 22.9 Å². The summed E-state index contributed by atoms with van der Waals surface area (Å²) in [6.45, 7) is 0.887. The third-order valence-corrected chi connectivity index (χ3v) is 6.62. The van der Waals surface area contributed by atoms with Crippen molar-refractivity contribution >= 4 is 27.3 Å². The van der Waals surface area contributed by atoms with Crippen LogP contribution in [0, 0.1) is 0 Å². The second kappa shape index (κ2) is 9.87. The number of benzene rings is 1. The van der Waals surface area contributed by atoms with Gasteiger partial charge < -0.3 is 9.84 Å². The fraction of sp³-hybridized carbons (Fsp3) is 0.421. The van der Waals surface area contributed by atoms with E-state index in [1.54, 1.807) is 19.2 Å². The minimum Gasteiger partial charge on any atom is -0.497 e.